The van der Waals surface area contributed by atoms with E-state index in [-0.39, 0.29) is 19.3 Å². The Hall–Kier alpha value is -1.42. The summed E-state index contributed by atoms with van der Waals surface area (Å²) in [4.78, 5) is 10.8. The minimum Gasteiger partial charge on any atom is -0.481 e. The predicted molar refractivity (Wildman–Crippen MR) is 72.4 cm³/mol. The third kappa shape index (κ3) is 4.64. The molecule has 0 amide bonds. The zero-order valence-electron chi connectivity index (χ0n) is 13.4. The number of alkyl halides is 9. The summed E-state index contributed by atoms with van der Waals surface area (Å²) in [7, 11) is 0. The Morgan fingerprint density at radius 1 is 1.00 bits per heavy atom. The Morgan fingerprint density at radius 3 is 2.00 bits per heavy atom. The molecule has 1 atom stereocenters. The van der Waals surface area contributed by atoms with Gasteiger partial charge in [-0.1, -0.05) is 11.6 Å². The van der Waals surface area contributed by atoms with Crippen LogP contribution in [-0.4, -0.2) is 35.0 Å². The molecule has 26 heavy (non-hydrogen) atoms. The molecule has 0 spiro atoms. The lowest BCUT2D eigenvalue weighted by atomic mass is 9.87. The number of rotatable bonds is 8. The summed E-state index contributed by atoms with van der Waals surface area (Å²) < 4.78 is 114. The summed E-state index contributed by atoms with van der Waals surface area (Å²) in [6, 6.07) is 0. The van der Waals surface area contributed by atoms with Gasteiger partial charge in [0.1, 0.15) is 0 Å². The molecule has 0 bridgehead atoms. The molecule has 0 radical (unpaired) electrons. The average Bonchev–Trinajstić information content (AvgIpc) is 2.50. The van der Waals surface area contributed by atoms with Crippen LogP contribution in [0.15, 0.2) is 11.6 Å². The molecule has 1 unspecified atom stereocenters. The van der Waals surface area contributed by atoms with E-state index in [4.69, 9.17) is 5.11 Å². The van der Waals surface area contributed by atoms with Crippen LogP contribution in [0.5, 0.6) is 0 Å². The Bertz CT molecular complexity index is 538. The number of carboxylic acids is 1. The smallest absolute Gasteiger partial charge is 0.460 e. The van der Waals surface area contributed by atoms with Crippen molar-refractivity contribution < 1.29 is 49.4 Å². The molecule has 0 aromatic carbocycles. The van der Waals surface area contributed by atoms with Gasteiger partial charge in [0, 0.05) is 6.42 Å². The van der Waals surface area contributed by atoms with Gasteiger partial charge in [-0.05, 0) is 38.5 Å². The number of unbranched alkanes of at least 4 members (excludes halogenated alkanes) is 1. The number of carbonyl (C=O) groups is 1. The van der Waals surface area contributed by atoms with Gasteiger partial charge in [-0.15, -0.1) is 0 Å². The first kappa shape index (κ1) is 22.6. The maximum Gasteiger partial charge on any atom is 0.460 e. The van der Waals surface area contributed by atoms with Gasteiger partial charge in [0.2, 0.25) is 0 Å². The molecule has 0 aromatic heterocycles. The van der Waals surface area contributed by atoms with E-state index < -0.39 is 48.7 Å². The van der Waals surface area contributed by atoms with Crippen LogP contribution in [0.4, 0.5) is 39.5 Å². The molecule has 0 fully saturated rings. The van der Waals surface area contributed by atoms with E-state index in [2.05, 4.69) is 0 Å². The standard InChI is InChI=1S/C15H17F9O2/c16-12(17,13(18,19)14(20,21)15(22,23)24)8-2-1-3-9-4-6-10(7-5-9)11(25)26/h4,10H,1-3,5-8H2,(H,25,26). The first-order valence-electron chi connectivity index (χ1n) is 7.74. The van der Waals surface area contributed by atoms with E-state index in [1.54, 1.807) is 6.08 Å². The van der Waals surface area contributed by atoms with Crippen LogP contribution in [0.2, 0.25) is 0 Å². The first-order chi connectivity index (χ1) is 11.6. The number of halogens is 9. The fourth-order valence-electron chi connectivity index (χ4n) is 2.60. The van der Waals surface area contributed by atoms with E-state index in [1.807, 2.05) is 0 Å². The lowest BCUT2D eigenvalue weighted by Crippen LogP contribution is -2.60. The van der Waals surface area contributed by atoms with E-state index in [9.17, 15) is 44.3 Å². The van der Waals surface area contributed by atoms with Crippen molar-refractivity contribution in [3.63, 3.8) is 0 Å². The topological polar surface area (TPSA) is 37.3 Å². The van der Waals surface area contributed by atoms with Gasteiger partial charge >= 0.3 is 29.9 Å². The second-order valence-corrected chi connectivity index (χ2v) is 6.23. The van der Waals surface area contributed by atoms with Crippen molar-refractivity contribution in [3.8, 4) is 0 Å². The van der Waals surface area contributed by atoms with Crippen LogP contribution in [0.25, 0.3) is 0 Å². The number of aliphatic carboxylic acids is 1. The van der Waals surface area contributed by atoms with Crippen molar-refractivity contribution in [2.45, 2.75) is 68.9 Å². The molecule has 2 nitrogen and oxygen atoms in total. The van der Waals surface area contributed by atoms with Crippen LogP contribution in [0, 0.1) is 5.92 Å². The third-order valence-corrected chi connectivity index (χ3v) is 4.30. The van der Waals surface area contributed by atoms with Crippen LogP contribution < -0.4 is 0 Å². The van der Waals surface area contributed by atoms with Crippen LogP contribution in [0.3, 0.4) is 0 Å². The van der Waals surface area contributed by atoms with Gasteiger partial charge in [0.05, 0.1) is 5.92 Å². The lowest BCUT2D eigenvalue weighted by molar-refractivity contribution is -0.396. The molecule has 0 aromatic rings. The van der Waals surface area contributed by atoms with Gasteiger partial charge in [0.25, 0.3) is 0 Å². The van der Waals surface area contributed by atoms with E-state index in [0.29, 0.717) is 12.8 Å². The minimum absolute atomic E-state index is 0.118. The van der Waals surface area contributed by atoms with Crippen LogP contribution >= 0.6 is 0 Å². The normalized spacial score (nSPS) is 20.0. The van der Waals surface area contributed by atoms with Crippen LogP contribution in [-0.2, 0) is 4.79 Å². The molecule has 1 N–H and O–H groups in total. The molecular formula is C15H17F9O2. The number of allylic oxidation sites excluding steroid dienone is 2. The molecule has 152 valence electrons. The Labute approximate surface area is 143 Å². The monoisotopic (exact) mass is 400 g/mol. The summed E-state index contributed by atoms with van der Waals surface area (Å²) in [6.07, 6.45) is -6.75. The first-order valence-corrected chi connectivity index (χ1v) is 7.74. The van der Waals surface area contributed by atoms with Gasteiger partial charge < -0.3 is 5.11 Å². The molecule has 0 aliphatic heterocycles. The molecule has 0 saturated carbocycles. The summed E-state index contributed by atoms with van der Waals surface area (Å²) >= 11 is 0. The Balaban J connectivity index is 2.57. The second kappa shape index (κ2) is 7.67. The summed E-state index contributed by atoms with van der Waals surface area (Å²) in [5.74, 6) is -20.5. The second-order valence-electron chi connectivity index (χ2n) is 6.23. The number of hydrogen-bond acceptors (Lipinski definition) is 1. The largest absolute Gasteiger partial charge is 0.481 e. The molecule has 0 heterocycles. The van der Waals surface area contributed by atoms with Crippen molar-refractivity contribution in [2.24, 2.45) is 5.92 Å². The zero-order chi connectivity index (χ0) is 20.4. The molecular weight excluding hydrogens is 383 g/mol. The SMILES string of the molecule is O=C(O)C1CC=C(CCCCC(F)(F)C(F)(F)C(F)(F)C(F)(F)F)CC1. The average molecular weight is 400 g/mol. The highest BCUT2D eigenvalue weighted by molar-refractivity contribution is 5.70. The summed E-state index contributed by atoms with van der Waals surface area (Å²) in [6.45, 7) is 0. The maximum absolute atomic E-state index is 13.3. The zero-order valence-corrected chi connectivity index (χ0v) is 13.4. The maximum atomic E-state index is 13.3. The van der Waals surface area contributed by atoms with Gasteiger partial charge in [-0.2, -0.15) is 39.5 Å². The molecule has 1 rings (SSSR count). The van der Waals surface area contributed by atoms with Crippen molar-refractivity contribution in [3.05, 3.63) is 11.6 Å². The predicted octanol–water partition coefficient (Wildman–Crippen LogP) is 5.83. The van der Waals surface area contributed by atoms with Gasteiger partial charge in [-0.25, -0.2) is 0 Å². The van der Waals surface area contributed by atoms with Crippen LogP contribution in [0.1, 0.15) is 44.9 Å². The highest BCUT2D eigenvalue weighted by Gasteiger charge is 2.81. The number of carboxylic acid groups (broad SMARTS) is 1. The van der Waals surface area contributed by atoms with Crippen molar-refractivity contribution >= 4 is 5.97 Å². The fourth-order valence-corrected chi connectivity index (χ4v) is 2.60. The molecule has 0 saturated heterocycles. The van der Waals surface area contributed by atoms with Crippen molar-refractivity contribution in [2.75, 3.05) is 0 Å². The fraction of sp³-hybridized carbons (Fsp3) is 0.800. The Kier molecular flexibility index (Phi) is 6.68. The van der Waals surface area contributed by atoms with E-state index in [1.165, 1.54) is 0 Å². The highest BCUT2D eigenvalue weighted by Crippen LogP contribution is 2.54. The lowest BCUT2D eigenvalue weighted by Gasteiger charge is -2.33. The molecule has 1 aliphatic rings. The highest BCUT2D eigenvalue weighted by atomic mass is 19.4. The van der Waals surface area contributed by atoms with Crippen molar-refractivity contribution in [1.82, 2.24) is 0 Å². The quantitative estimate of drug-likeness (QED) is 0.316. The van der Waals surface area contributed by atoms with Gasteiger partial charge in [-0.3, -0.25) is 4.79 Å². The molecule has 11 heteroatoms. The van der Waals surface area contributed by atoms with E-state index in [0.717, 1.165) is 5.57 Å². The molecule has 1 aliphatic carbocycles. The number of hydrogen-bond donors (Lipinski definition) is 1. The Morgan fingerprint density at radius 2 is 1.58 bits per heavy atom. The summed E-state index contributed by atoms with van der Waals surface area (Å²) in [5.41, 5.74) is 0.721. The van der Waals surface area contributed by atoms with E-state index >= 15 is 0 Å². The van der Waals surface area contributed by atoms with Gasteiger partial charge in [0.15, 0.2) is 0 Å². The third-order valence-electron chi connectivity index (χ3n) is 4.30. The minimum atomic E-state index is -6.85. The summed E-state index contributed by atoms with van der Waals surface area (Å²) in [5, 5.41) is 8.80. The van der Waals surface area contributed by atoms with Crippen molar-refractivity contribution in [1.29, 1.82) is 0 Å².